The number of hydrogen-bond acceptors (Lipinski definition) is 7. The fraction of sp³-hybridized carbons (Fsp3) is 0.500. The summed E-state index contributed by atoms with van der Waals surface area (Å²) in [4.78, 5) is 73.9. The Balaban J connectivity index is 1.24. The second-order valence-electron chi connectivity index (χ2n) is 15.6. The Labute approximate surface area is 309 Å². The van der Waals surface area contributed by atoms with Crippen LogP contribution in [0.4, 0.5) is 4.79 Å². The van der Waals surface area contributed by atoms with E-state index in [0.29, 0.717) is 18.7 Å². The van der Waals surface area contributed by atoms with Crippen molar-refractivity contribution in [3.63, 3.8) is 0 Å². The Morgan fingerprint density at radius 3 is 2.51 bits per heavy atom. The molecule has 1 aromatic heterocycles. The number of imidazole rings is 1. The van der Waals surface area contributed by atoms with Gasteiger partial charge in [0.05, 0.1) is 11.0 Å². The molecule has 6 rings (SSSR count). The third-order valence-electron chi connectivity index (χ3n) is 10.6. The van der Waals surface area contributed by atoms with Gasteiger partial charge >= 0.3 is 12.1 Å². The van der Waals surface area contributed by atoms with Crippen molar-refractivity contribution in [2.75, 3.05) is 13.1 Å². The molecule has 1 unspecified atom stereocenters. The van der Waals surface area contributed by atoms with Gasteiger partial charge in [0.2, 0.25) is 17.7 Å². The molecule has 2 aromatic carbocycles. The van der Waals surface area contributed by atoms with Crippen molar-refractivity contribution in [3.8, 4) is 11.4 Å². The molecule has 3 aliphatic rings. The number of fused-ring (bicyclic) bond motifs is 3. The predicted octanol–water partition coefficient (Wildman–Crippen LogP) is 4.66. The Bertz CT molecular complexity index is 1880. The lowest BCUT2D eigenvalue weighted by Gasteiger charge is -2.31. The molecule has 0 spiro atoms. The molecule has 282 valence electrons. The topological polar surface area (TPSA) is 172 Å². The molecule has 1 saturated heterocycles. The van der Waals surface area contributed by atoms with Gasteiger partial charge in [0.15, 0.2) is 0 Å². The number of amides is 4. The Morgan fingerprint density at radius 2 is 1.77 bits per heavy atom. The SMILES string of the molecule is C[C@H]1[C@@H](CNC(=O)Cn2c(-c3ccccc3)nc3ccccc32)CN2C(=O)[C@@H](NC(=O)OC(C)(C)C)CCCCC/C=C\C3C[C@@]3(C(=O)O)NC(=O)[C@H]12. The highest BCUT2D eigenvalue weighted by atomic mass is 16.6. The Hall–Kier alpha value is -5.20. The van der Waals surface area contributed by atoms with Crippen LogP contribution in [-0.4, -0.2) is 85.7 Å². The third kappa shape index (κ3) is 8.39. The average Bonchev–Trinajstić information content (AvgIpc) is 3.53. The molecule has 2 fully saturated rings. The average molecular weight is 727 g/mol. The summed E-state index contributed by atoms with van der Waals surface area (Å²) in [7, 11) is 0. The molecule has 1 aliphatic carbocycles. The third-order valence-corrected chi connectivity index (χ3v) is 10.6. The number of carboxylic acid groups (broad SMARTS) is 1. The van der Waals surface area contributed by atoms with Crippen molar-refractivity contribution in [1.29, 1.82) is 0 Å². The number of benzene rings is 2. The normalized spacial score (nSPS) is 27.0. The van der Waals surface area contributed by atoms with Crippen LogP contribution in [0.2, 0.25) is 0 Å². The van der Waals surface area contributed by atoms with Crippen LogP contribution in [-0.2, 0) is 30.5 Å². The van der Waals surface area contributed by atoms with Crippen molar-refractivity contribution >= 4 is 40.8 Å². The molecule has 13 nitrogen and oxygen atoms in total. The summed E-state index contributed by atoms with van der Waals surface area (Å²) in [6.07, 6.45) is 6.70. The van der Waals surface area contributed by atoms with Crippen LogP contribution in [0, 0.1) is 17.8 Å². The molecule has 4 N–H and O–H groups in total. The van der Waals surface area contributed by atoms with E-state index in [0.717, 1.165) is 35.9 Å². The fourth-order valence-corrected chi connectivity index (χ4v) is 7.63. The first-order chi connectivity index (χ1) is 25.3. The van der Waals surface area contributed by atoms with Crippen LogP contribution >= 0.6 is 0 Å². The molecule has 13 heteroatoms. The zero-order valence-electron chi connectivity index (χ0n) is 30.8. The van der Waals surface area contributed by atoms with E-state index < -0.39 is 53.0 Å². The number of carbonyl (C=O) groups is 5. The van der Waals surface area contributed by atoms with Crippen LogP contribution in [0.5, 0.6) is 0 Å². The largest absolute Gasteiger partial charge is 0.479 e. The maximum atomic E-state index is 14.4. The van der Waals surface area contributed by atoms with Gasteiger partial charge in [-0.1, -0.05) is 74.4 Å². The number of alkyl carbamates (subject to hydrolysis) is 1. The fourth-order valence-electron chi connectivity index (χ4n) is 7.63. The summed E-state index contributed by atoms with van der Waals surface area (Å²) in [5.74, 6) is -2.89. The molecule has 0 radical (unpaired) electrons. The molecule has 53 heavy (non-hydrogen) atoms. The van der Waals surface area contributed by atoms with E-state index in [-0.39, 0.29) is 43.8 Å². The van der Waals surface area contributed by atoms with Gasteiger partial charge in [-0.15, -0.1) is 0 Å². The van der Waals surface area contributed by atoms with Crippen LogP contribution in [0.15, 0.2) is 66.7 Å². The van der Waals surface area contributed by atoms with Gasteiger partial charge in [-0.3, -0.25) is 14.4 Å². The summed E-state index contributed by atoms with van der Waals surface area (Å²) in [6, 6.07) is 15.3. The van der Waals surface area contributed by atoms with E-state index in [1.165, 1.54) is 4.90 Å². The number of nitrogens with zero attached hydrogens (tertiary/aromatic N) is 3. The van der Waals surface area contributed by atoms with Gasteiger partial charge in [-0.2, -0.15) is 0 Å². The molecule has 3 heterocycles. The highest BCUT2D eigenvalue weighted by Gasteiger charge is 2.62. The van der Waals surface area contributed by atoms with Crippen LogP contribution in [0.25, 0.3) is 22.4 Å². The Kier molecular flexibility index (Phi) is 10.9. The van der Waals surface area contributed by atoms with Crippen molar-refractivity contribution in [2.45, 2.75) is 96.0 Å². The number of ether oxygens (including phenoxy) is 1. The number of carbonyl (C=O) groups excluding carboxylic acids is 4. The number of aliphatic carboxylic acids is 1. The lowest BCUT2D eigenvalue weighted by molar-refractivity contribution is -0.146. The van der Waals surface area contributed by atoms with Crippen molar-refractivity contribution in [2.24, 2.45) is 17.8 Å². The zero-order chi connectivity index (χ0) is 37.9. The standard InChI is InChI=1S/C40H50N6O7/c1-25-27(22-41-32(47)24-45-31-20-14-13-18-29(31)42-34(45)26-15-9-8-10-16-26)23-46-33(25)35(48)44-40(37(50)51)21-28(40)17-11-6-5-7-12-19-30(36(46)49)43-38(52)53-39(2,3)4/h8-11,13-18,20,25,27-28,30,33H,5-7,12,19,21-24H2,1-4H3,(H,41,47)(H,43,52)(H,44,48)(H,50,51)/b17-11-/t25-,27-,28?,30-,33-,40+/m0/s1. The minimum Gasteiger partial charge on any atom is -0.479 e. The first kappa shape index (κ1) is 37.6. The smallest absolute Gasteiger partial charge is 0.408 e. The molecule has 2 aliphatic heterocycles. The van der Waals surface area contributed by atoms with Gasteiger partial charge in [-0.05, 0) is 70.4 Å². The lowest BCUT2D eigenvalue weighted by atomic mass is 9.91. The van der Waals surface area contributed by atoms with E-state index in [1.807, 2.05) is 78.2 Å². The van der Waals surface area contributed by atoms with E-state index in [4.69, 9.17) is 9.72 Å². The predicted molar refractivity (Wildman–Crippen MR) is 198 cm³/mol. The van der Waals surface area contributed by atoms with Crippen LogP contribution in [0.3, 0.4) is 0 Å². The number of aromatic nitrogens is 2. The molecule has 1 saturated carbocycles. The second kappa shape index (κ2) is 15.4. The van der Waals surface area contributed by atoms with E-state index in [2.05, 4.69) is 16.0 Å². The van der Waals surface area contributed by atoms with E-state index >= 15 is 0 Å². The summed E-state index contributed by atoms with van der Waals surface area (Å²) >= 11 is 0. The highest BCUT2D eigenvalue weighted by molar-refractivity contribution is 5.96. The van der Waals surface area contributed by atoms with Gasteiger partial charge in [-0.25, -0.2) is 14.6 Å². The quantitative estimate of drug-likeness (QED) is 0.255. The Morgan fingerprint density at radius 1 is 1.04 bits per heavy atom. The maximum absolute atomic E-state index is 14.4. The maximum Gasteiger partial charge on any atom is 0.408 e. The molecule has 3 aromatic rings. The molecular formula is C40H50N6O7. The molecular weight excluding hydrogens is 676 g/mol. The van der Waals surface area contributed by atoms with Crippen molar-refractivity contribution in [1.82, 2.24) is 30.4 Å². The monoisotopic (exact) mass is 726 g/mol. The number of para-hydroxylation sites is 2. The second-order valence-corrected chi connectivity index (χ2v) is 15.6. The number of rotatable bonds is 7. The minimum atomic E-state index is -1.45. The molecule has 4 amide bonds. The lowest BCUT2D eigenvalue weighted by Crippen LogP contribution is -2.57. The van der Waals surface area contributed by atoms with Gasteiger partial charge < -0.3 is 35.3 Å². The van der Waals surface area contributed by atoms with Gasteiger partial charge in [0.25, 0.3) is 0 Å². The highest BCUT2D eigenvalue weighted by Crippen LogP contribution is 2.46. The van der Waals surface area contributed by atoms with E-state index in [1.54, 1.807) is 20.8 Å². The summed E-state index contributed by atoms with van der Waals surface area (Å²) in [5.41, 5.74) is 0.209. The van der Waals surface area contributed by atoms with Gasteiger partial charge in [0.1, 0.15) is 35.6 Å². The number of nitrogens with one attached hydrogen (secondary N) is 3. The van der Waals surface area contributed by atoms with Crippen molar-refractivity contribution in [3.05, 3.63) is 66.7 Å². The first-order valence-corrected chi connectivity index (χ1v) is 18.6. The summed E-state index contributed by atoms with van der Waals surface area (Å²) in [5, 5.41) is 18.8. The number of allylic oxidation sites excluding steroid dienone is 1. The number of carboxylic acids is 1. The van der Waals surface area contributed by atoms with E-state index in [9.17, 15) is 29.1 Å². The summed E-state index contributed by atoms with van der Waals surface area (Å²) in [6.45, 7) is 7.34. The minimum absolute atomic E-state index is 0.00365. The zero-order valence-corrected chi connectivity index (χ0v) is 30.8. The molecule has 0 bridgehead atoms. The number of hydrogen-bond donors (Lipinski definition) is 4. The molecule has 6 atom stereocenters. The van der Waals surface area contributed by atoms with Crippen LogP contribution < -0.4 is 16.0 Å². The summed E-state index contributed by atoms with van der Waals surface area (Å²) < 4.78 is 7.36. The van der Waals surface area contributed by atoms with Crippen LogP contribution in [0.1, 0.15) is 66.2 Å². The van der Waals surface area contributed by atoms with Gasteiger partial charge in [0, 0.05) is 24.6 Å². The van der Waals surface area contributed by atoms with Crippen molar-refractivity contribution < 1.29 is 33.8 Å². The first-order valence-electron chi connectivity index (χ1n) is 18.6.